The minimum absolute atomic E-state index is 0.0840. The molecule has 144 valence electrons. The van der Waals surface area contributed by atoms with Gasteiger partial charge in [0.25, 0.3) is 5.56 Å². The number of hydrogen-bond donors (Lipinski definition) is 2. The Kier molecular flexibility index (Phi) is 4.76. The zero-order chi connectivity index (χ0) is 20.1. The molecule has 7 nitrogen and oxygen atoms in total. The molecule has 0 aliphatic carbocycles. The summed E-state index contributed by atoms with van der Waals surface area (Å²) < 4.78 is 2.17. The molecule has 0 aliphatic rings. The van der Waals surface area contributed by atoms with Crippen LogP contribution in [-0.2, 0) is 5.54 Å². The van der Waals surface area contributed by atoms with Crippen LogP contribution in [0.1, 0.15) is 20.8 Å². The highest BCUT2D eigenvalue weighted by Crippen LogP contribution is 2.34. The highest BCUT2D eigenvalue weighted by atomic mass is 79.9. The Morgan fingerprint density at radius 2 is 2.07 bits per heavy atom. The van der Waals surface area contributed by atoms with Gasteiger partial charge in [-0.05, 0) is 54.9 Å². The van der Waals surface area contributed by atoms with Gasteiger partial charge in [0.15, 0.2) is 5.01 Å². The molecular formula is C18H16BrClN6OS. The number of rotatable bonds is 3. The molecule has 2 N–H and O–H groups in total. The number of hydrogen-bond acceptors (Lipinski definition) is 6. The summed E-state index contributed by atoms with van der Waals surface area (Å²) in [5.41, 5.74) is 1.96. The van der Waals surface area contributed by atoms with Crippen molar-refractivity contribution in [2.24, 2.45) is 0 Å². The summed E-state index contributed by atoms with van der Waals surface area (Å²) >= 11 is 11.2. The first-order valence-corrected chi connectivity index (χ1v) is 10.4. The van der Waals surface area contributed by atoms with Crippen molar-refractivity contribution in [1.29, 1.82) is 0 Å². The van der Waals surface area contributed by atoms with E-state index in [4.69, 9.17) is 11.6 Å². The van der Waals surface area contributed by atoms with E-state index in [1.807, 2.05) is 39.1 Å². The SMILES string of the molecule is CC(C)(C)n1cc(-c2nnc(Nc3ccc4[nH]ncc4c3Cl)s2)cc(Br)c1=O. The van der Waals surface area contributed by atoms with Gasteiger partial charge in [0.1, 0.15) is 0 Å². The van der Waals surface area contributed by atoms with Crippen molar-refractivity contribution in [2.45, 2.75) is 26.3 Å². The first kappa shape index (κ1) is 19.1. The third-order valence-corrected chi connectivity index (χ3v) is 6.03. The lowest BCUT2D eigenvalue weighted by Crippen LogP contribution is -2.33. The van der Waals surface area contributed by atoms with Crippen LogP contribution < -0.4 is 10.9 Å². The number of anilines is 2. The molecule has 0 saturated heterocycles. The quantitative estimate of drug-likeness (QED) is 0.424. The van der Waals surface area contributed by atoms with E-state index in [2.05, 4.69) is 41.6 Å². The van der Waals surface area contributed by atoms with Gasteiger partial charge in [-0.1, -0.05) is 22.9 Å². The van der Waals surface area contributed by atoms with Crippen LogP contribution in [0.15, 0.2) is 39.9 Å². The smallest absolute Gasteiger partial charge is 0.265 e. The average Bonchev–Trinajstić information content (AvgIpc) is 3.28. The largest absolute Gasteiger partial charge is 0.329 e. The second-order valence-corrected chi connectivity index (χ2v) is 9.43. The number of aromatic nitrogens is 5. The Bertz CT molecular complexity index is 1240. The molecule has 0 saturated carbocycles. The number of halogens is 2. The van der Waals surface area contributed by atoms with Gasteiger partial charge in [0.05, 0.1) is 26.9 Å². The van der Waals surface area contributed by atoms with Crippen molar-refractivity contribution in [1.82, 2.24) is 25.0 Å². The summed E-state index contributed by atoms with van der Waals surface area (Å²) in [6, 6.07) is 5.52. The van der Waals surface area contributed by atoms with Crippen LogP contribution in [0.2, 0.25) is 5.02 Å². The van der Waals surface area contributed by atoms with E-state index in [0.717, 1.165) is 22.2 Å². The summed E-state index contributed by atoms with van der Waals surface area (Å²) in [5, 5.41) is 21.3. The maximum Gasteiger partial charge on any atom is 0.265 e. The number of fused-ring (bicyclic) bond motifs is 1. The third kappa shape index (κ3) is 3.45. The summed E-state index contributed by atoms with van der Waals surface area (Å²) in [5.74, 6) is 0. The minimum Gasteiger partial charge on any atom is -0.329 e. The van der Waals surface area contributed by atoms with Crippen LogP contribution >= 0.6 is 38.9 Å². The van der Waals surface area contributed by atoms with E-state index >= 15 is 0 Å². The molecule has 4 rings (SSSR count). The fourth-order valence-corrected chi connectivity index (χ4v) is 4.18. The lowest BCUT2D eigenvalue weighted by molar-refractivity contribution is 0.383. The van der Waals surface area contributed by atoms with Crippen molar-refractivity contribution in [3.05, 3.63) is 50.4 Å². The van der Waals surface area contributed by atoms with Crippen LogP contribution in [0, 0.1) is 0 Å². The second kappa shape index (κ2) is 6.98. The van der Waals surface area contributed by atoms with E-state index in [-0.39, 0.29) is 11.1 Å². The van der Waals surface area contributed by atoms with Gasteiger partial charge >= 0.3 is 0 Å². The molecule has 3 heterocycles. The van der Waals surface area contributed by atoms with E-state index in [1.54, 1.807) is 16.8 Å². The number of nitrogens with zero attached hydrogens (tertiary/aromatic N) is 4. The Balaban J connectivity index is 1.69. The van der Waals surface area contributed by atoms with Gasteiger partial charge in [-0.3, -0.25) is 9.89 Å². The zero-order valence-corrected chi connectivity index (χ0v) is 18.4. The topological polar surface area (TPSA) is 88.5 Å². The van der Waals surface area contributed by atoms with E-state index in [9.17, 15) is 4.79 Å². The summed E-state index contributed by atoms with van der Waals surface area (Å²) in [4.78, 5) is 12.4. The van der Waals surface area contributed by atoms with Crippen molar-refractivity contribution >= 4 is 60.6 Å². The van der Waals surface area contributed by atoms with Gasteiger partial charge in [-0.25, -0.2) is 0 Å². The first-order chi connectivity index (χ1) is 13.2. The number of benzene rings is 1. The molecule has 0 aliphatic heterocycles. The predicted molar refractivity (Wildman–Crippen MR) is 117 cm³/mol. The highest BCUT2D eigenvalue weighted by Gasteiger charge is 2.19. The molecule has 0 spiro atoms. The number of pyridine rings is 1. The molecule has 1 aromatic carbocycles. The lowest BCUT2D eigenvalue weighted by atomic mass is 10.1. The molecule has 10 heteroatoms. The Labute approximate surface area is 177 Å². The van der Waals surface area contributed by atoms with Crippen LogP contribution in [0.4, 0.5) is 10.8 Å². The molecular weight excluding hydrogens is 464 g/mol. The van der Waals surface area contributed by atoms with Crippen LogP contribution in [-0.4, -0.2) is 25.0 Å². The minimum atomic E-state index is -0.352. The first-order valence-electron chi connectivity index (χ1n) is 8.39. The van der Waals surface area contributed by atoms with Crippen molar-refractivity contribution in [2.75, 3.05) is 5.32 Å². The molecule has 0 bridgehead atoms. The summed E-state index contributed by atoms with van der Waals surface area (Å²) in [7, 11) is 0. The maximum atomic E-state index is 12.4. The van der Waals surface area contributed by atoms with Crippen molar-refractivity contribution in [3.63, 3.8) is 0 Å². The van der Waals surface area contributed by atoms with E-state index in [1.165, 1.54) is 11.3 Å². The number of H-pyrrole nitrogens is 1. The van der Waals surface area contributed by atoms with Gasteiger partial charge in [-0.2, -0.15) is 5.10 Å². The predicted octanol–water partition coefficient (Wildman–Crippen LogP) is 5.16. The normalized spacial score (nSPS) is 11.9. The van der Waals surface area contributed by atoms with Gasteiger partial charge in [0, 0.05) is 22.7 Å². The number of nitrogens with one attached hydrogen (secondary N) is 2. The number of aromatic amines is 1. The van der Waals surface area contributed by atoms with Gasteiger partial charge < -0.3 is 9.88 Å². The lowest BCUT2D eigenvalue weighted by Gasteiger charge is -2.23. The third-order valence-electron chi connectivity index (χ3n) is 4.17. The van der Waals surface area contributed by atoms with Crippen LogP contribution in [0.5, 0.6) is 0 Å². The molecule has 0 atom stereocenters. The Morgan fingerprint density at radius 3 is 2.82 bits per heavy atom. The molecule has 3 aromatic heterocycles. The fraction of sp³-hybridized carbons (Fsp3) is 0.222. The molecule has 4 aromatic rings. The Hall–Kier alpha value is -2.23. The maximum absolute atomic E-state index is 12.4. The monoisotopic (exact) mass is 478 g/mol. The average molecular weight is 480 g/mol. The van der Waals surface area contributed by atoms with E-state index in [0.29, 0.717) is 19.6 Å². The molecule has 0 fully saturated rings. The summed E-state index contributed by atoms with van der Waals surface area (Å²) in [6.07, 6.45) is 3.49. The van der Waals surface area contributed by atoms with Crippen molar-refractivity contribution in [3.8, 4) is 10.6 Å². The van der Waals surface area contributed by atoms with Gasteiger partial charge in [0.2, 0.25) is 5.13 Å². The van der Waals surface area contributed by atoms with Gasteiger partial charge in [-0.15, -0.1) is 10.2 Å². The summed E-state index contributed by atoms with van der Waals surface area (Å²) in [6.45, 7) is 5.93. The van der Waals surface area contributed by atoms with Crippen LogP contribution in [0.3, 0.4) is 0 Å². The highest BCUT2D eigenvalue weighted by molar-refractivity contribution is 9.10. The van der Waals surface area contributed by atoms with Crippen molar-refractivity contribution < 1.29 is 0 Å². The standard InChI is InChI=1S/C18H16BrClN6OS/c1-18(2,3)26-8-9(6-11(19)16(26)27)15-24-25-17(28-15)22-13-5-4-12-10(14(13)20)7-21-23-12/h4-8H,1-3H3,(H,21,23)(H,22,25). The fourth-order valence-electron chi connectivity index (χ4n) is 2.75. The Morgan fingerprint density at radius 1 is 1.29 bits per heavy atom. The van der Waals surface area contributed by atoms with Crippen LogP contribution in [0.25, 0.3) is 21.5 Å². The second-order valence-electron chi connectivity index (χ2n) is 7.22. The molecule has 0 unspecified atom stereocenters. The molecule has 28 heavy (non-hydrogen) atoms. The zero-order valence-electron chi connectivity index (χ0n) is 15.2. The molecule has 0 radical (unpaired) electrons. The molecule has 0 amide bonds. The van der Waals surface area contributed by atoms with E-state index < -0.39 is 0 Å².